The average Bonchev–Trinajstić information content (AvgIpc) is 3.05. The minimum Gasteiger partial charge on any atom is -0.347 e. The largest absolute Gasteiger partial charge is 0.417 e. The average molecular weight is 533 g/mol. The first-order chi connectivity index (χ1) is 16.4. The van der Waals surface area contributed by atoms with Crippen molar-refractivity contribution >= 4 is 21.9 Å². The first-order valence-corrected chi connectivity index (χ1v) is 12.5. The summed E-state index contributed by atoms with van der Waals surface area (Å²) in [6.07, 6.45) is -6.13. The van der Waals surface area contributed by atoms with E-state index in [4.69, 9.17) is 0 Å². The third-order valence-corrected chi connectivity index (χ3v) is 7.11. The second-order valence-corrected chi connectivity index (χ2v) is 13.0. The van der Waals surface area contributed by atoms with E-state index in [1.807, 2.05) is 20.8 Å². The molecule has 0 unspecified atom stereocenters. The van der Waals surface area contributed by atoms with Gasteiger partial charge < -0.3 is 4.57 Å². The summed E-state index contributed by atoms with van der Waals surface area (Å²) in [5.41, 5.74) is -0.799. The van der Waals surface area contributed by atoms with E-state index in [9.17, 15) is 30.6 Å². The first-order valence-electron chi connectivity index (χ1n) is 11.3. The lowest BCUT2D eigenvalue weighted by molar-refractivity contribution is -0.137. The Morgan fingerprint density at radius 3 is 2.14 bits per heavy atom. The fourth-order valence-corrected chi connectivity index (χ4v) is 4.74. The molecule has 0 aliphatic carbocycles. The van der Waals surface area contributed by atoms with Crippen LogP contribution < -0.4 is 4.72 Å². The van der Waals surface area contributed by atoms with Crippen molar-refractivity contribution in [2.75, 3.05) is 0 Å². The predicted molar refractivity (Wildman–Crippen MR) is 132 cm³/mol. The fourth-order valence-electron chi connectivity index (χ4n) is 3.92. The van der Waals surface area contributed by atoms with Gasteiger partial charge in [-0.15, -0.1) is 0 Å². The topological polar surface area (TPSA) is 34.0 Å². The van der Waals surface area contributed by atoms with Gasteiger partial charge >= 0.3 is 6.18 Å². The molecule has 0 bridgehead atoms. The molecule has 10 heteroatoms. The summed E-state index contributed by atoms with van der Waals surface area (Å²) in [4.78, 5) is 0. The smallest absolute Gasteiger partial charge is 0.347 e. The van der Waals surface area contributed by atoms with E-state index in [1.165, 1.54) is 18.2 Å². The lowest BCUT2D eigenvalue weighted by Crippen LogP contribution is -2.38. The Labute approximate surface area is 209 Å². The molecule has 2 aromatic carbocycles. The van der Waals surface area contributed by atoms with Crippen molar-refractivity contribution in [3.05, 3.63) is 59.5 Å². The summed E-state index contributed by atoms with van der Waals surface area (Å²) in [5, 5.41) is 0.405. The molecule has 0 saturated carbocycles. The molecule has 2 atom stereocenters. The number of alkyl halides is 5. The van der Waals surface area contributed by atoms with Crippen molar-refractivity contribution < 1.29 is 30.6 Å². The number of hydrogen-bond donors (Lipinski definition) is 1. The highest BCUT2D eigenvalue weighted by Gasteiger charge is 2.35. The Morgan fingerprint density at radius 1 is 0.972 bits per heavy atom. The number of aromatic nitrogens is 1. The zero-order valence-corrected chi connectivity index (χ0v) is 21.8. The van der Waals surface area contributed by atoms with Crippen molar-refractivity contribution in [1.82, 2.24) is 9.29 Å². The van der Waals surface area contributed by atoms with E-state index in [0.717, 1.165) is 12.1 Å². The van der Waals surface area contributed by atoms with Crippen LogP contribution in [0.4, 0.5) is 26.3 Å². The van der Waals surface area contributed by atoms with Gasteiger partial charge in [0.1, 0.15) is 11.9 Å². The summed E-state index contributed by atoms with van der Waals surface area (Å²) < 4.78 is 99.1. The van der Waals surface area contributed by atoms with Gasteiger partial charge in [-0.3, -0.25) is 0 Å². The third kappa shape index (κ3) is 6.32. The van der Waals surface area contributed by atoms with Crippen LogP contribution in [0.15, 0.2) is 42.6 Å². The molecule has 3 aromatic rings. The molecule has 3 nitrogen and oxygen atoms in total. The van der Waals surface area contributed by atoms with Crippen LogP contribution in [0.5, 0.6) is 0 Å². The highest BCUT2D eigenvalue weighted by atomic mass is 32.2. The molecule has 0 aliphatic heterocycles. The Hall–Kier alpha value is -2.33. The normalized spacial score (nSPS) is 15.0. The Morgan fingerprint density at radius 2 is 1.61 bits per heavy atom. The molecule has 1 N–H and O–H groups in total. The molecule has 0 saturated heterocycles. The summed E-state index contributed by atoms with van der Waals surface area (Å²) in [5.74, 6) is -1.01. The number of nitrogens with one attached hydrogen (secondary N) is 1. The van der Waals surface area contributed by atoms with Crippen LogP contribution in [0.1, 0.15) is 58.7 Å². The molecule has 1 aromatic heterocycles. The SMILES string of the molecule is CC(C)(C)Cn1cc([C@H](N[S@@](=O)C(C)(C)C)C(F)F)c2ccc(-c3ccc(F)cc3C(F)(F)F)cc21. The van der Waals surface area contributed by atoms with Crippen molar-refractivity contribution in [1.29, 1.82) is 0 Å². The molecule has 198 valence electrons. The highest BCUT2D eigenvalue weighted by molar-refractivity contribution is 7.84. The van der Waals surface area contributed by atoms with Crippen molar-refractivity contribution in [3.8, 4) is 11.1 Å². The predicted octanol–water partition coefficient (Wildman–Crippen LogP) is 7.87. The second-order valence-electron chi connectivity index (χ2n) is 11.0. The number of halogens is 6. The molecule has 1 heterocycles. The molecular weight excluding hydrogens is 502 g/mol. The molecule has 36 heavy (non-hydrogen) atoms. The lowest BCUT2D eigenvalue weighted by atomic mass is 9.96. The van der Waals surface area contributed by atoms with Crippen molar-refractivity contribution in [2.45, 2.75) is 71.5 Å². The van der Waals surface area contributed by atoms with Gasteiger partial charge in [0.25, 0.3) is 6.43 Å². The number of nitrogens with zero attached hydrogens (tertiary/aromatic N) is 1. The first kappa shape index (κ1) is 28.2. The van der Waals surface area contributed by atoms with Gasteiger partial charge in [0, 0.05) is 29.2 Å². The zero-order chi connectivity index (χ0) is 27.2. The second kappa shape index (κ2) is 9.85. The van der Waals surface area contributed by atoms with Crippen LogP contribution in [0, 0.1) is 11.2 Å². The van der Waals surface area contributed by atoms with Crippen LogP contribution in [0.2, 0.25) is 0 Å². The maximum Gasteiger partial charge on any atom is 0.417 e. The van der Waals surface area contributed by atoms with Gasteiger partial charge in [-0.05, 0) is 55.5 Å². The maximum atomic E-state index is 14.2. The van der Waals surface area contributed by atoms with Gasteiger partial charge in [0.05, 0.1) is 21.3 Å². The molecule has 0 aliphatic rings. The zero-order valence-electron chi connectivity index (χ0n) is 20.9. The summed E-state index contributed by atoms with van der Waals surface area (Å²) in [7, 11) is -1.79. The van der Waals surface area contributed by atoms with E-state index in [1.54, 1.807) is 31.5 Å². The number of benzene rings is 2. The van der Waals surface area contributed by atoms with Crippen LogP contribution in [-0.4, -0.2) is 19.9 Å². The summed E-state index contributed by atoms with van der Waals surface area (Å²) in [6.45, 7) is 11.2. The Bertz CT molecular complexity index is 1270. The monoisotopic (exact) mass is 532 g/mol. The van der Waals surface area contributed by atoms with Crippen LogP contribution in [0.3, 0.4) is 0 Å². The van der Waals surface area contributed by atoms with Crippen molar-refractivity contribution in [3.63, 3.8) is 0 Å². The summed E-state index contributed by atoms with van der Waals surface area (Å²) >= 11 is 0. The standard InChI is InChI=1S/C26H30F6N2OS/c1-24(2,3)14-34-13-19(22(23(28)29)33-36(35)25(4,5)6)18-9-7-15(11-21(18)34)17-10-8-16(27)12-20(17)26(30,31)32/h7-13,22-23,33H,14H2,1-6H3/t22-,36-/m0/s1. The minimum absolute atomic E-state index is 0.175. The third-order valence-electron chi connectivity index (χ3n) is 5.53. The molecule has 0 radical (unpaired) electrons. The van der Waals surface area contributed by atoms with Crippen LogP contribution in [0.25, 0.3) is 22.0 Å². The van der Waals surface area contributed by atoms with Gasteiger partial charge in [-0.2, -0.15) is 13.2 Å². The van der Waals surface area contributed by atoms with Gasteiger partial charge in [-0.1, -0.05) is 39.0 Å². The van der Waals surface area contributed by atoms with Crippen LogP contribution in [-0.2, 0) is 23.7 Å². The molecule has 0 spiro atoms. The van der Waals surface area contributed by atoms with E-state index in [0.29, 0.717) is 23.5 Å². The molecule has 3 rings (SSSR count). The number of rotatable bonds is 6. The van der Waals surface area contributed by atoms with E-state index in [2.05, 4.69) is 4.72 Å². The fraction of sp³-hybridized carbons (Fsp3) is 0.462. The lowest BCUT2D eigenvalue weighted by Gasteiger charge is -2.24. The van der Waals surface area contributed by atoms with Crippen molar-refractivity contribution in [2.24, 2.45) is 5.41 Å². The van der Waals surface area contributed by atoms with E-state index < -0.39 is 45.8 Å². The van der Waals surface area contributed by atoms with Gasteiger partial charge in [0.15, 0.2) is 0 Å². The van der Waals surface area contributed by atoms with Gasteiger partial charge in [-0.25, -0.2) is 22.1 Å². The number of hydrogen-bond acceptors (Lipinski definition) is 1. The van der Waals surface area contributed by atoms with Crippen LogP contribution >= 0.6 is 0 Å². The minimum atomic E-state index is -4.79. The Kier molecular flexibility index (Phi) is 7.73. The quantitative estimate of drug-likeness (QED) is 0.322. The Balaban J connectivity index is 2.24. The van der Waals surface area contributed by atoms with Gasteiger partial charge in [0.2, 0.25) is 0 Å². The molecular formula is C26H30F6N2OS. The molecule has 0 amide bonds. The summed E-state index contributed by atoms with van der Waals surface area (Å²) in [6, 6.07) is 5.28. The highest BCUT2D eigenvalue weighted by Crippen LogP contribution is 2.40. The van der Waals surface area contributed by atoms with E-state index in [-0.39, 0.29) is 22.1 Å². The maximum absolute atomic E-state index is 14.2. The van der Waals surface area contributed by atoms with E-state index >= 15 is 0 Å². The number of fused-ring (bicyclic) bond motifs is 1. The molecule has 0 fully saturated rings.